The fraction of sp³-hybridized carbons (Fsp3) is 0.733. The van der Waals surface area contributed by atoms with E-state index >= 15 is 0 Å². The van der Waals surface area contributed by atoms with Crippen molar-refractivity contribution < 1.29 is 0 Å². The molecule has 0 saturated heterocycles. The summed E-state index contributed by atoms with van der Waals surface area (Å²) in [5.41, 5.74) is 1.59. The molecule has 0 fully saturated rings. The summed E-state index contributed by atoms with van der Waals surface area (Å²) in [6.45, 7) is 9.59. The van der Waals surface area contributed by atoms with Crippen LogP contribution in [0.3, 0.4) is 0 Å². The first kappa shape index (κ1) is 20.4. The predicted molar refractivity (Wildman–Crippen MR) is 111 cm³/mol. The van der Waals surface area contributed by atoms with Crippen molar-refractivity contribution in [2.45, 2.75) is 65.1 Å². The lowest BCUT2D eigenvalue weighted by atomic mass is 10.1. The van der Waals surface area contributed by atoms with Gasteiger partial charge in [-0.05, 0) is 73.1 Å². The first-order valence-electron chi connectivity index (χ1n) is 7.14. The Morgan fingerprint density at radius 2 is 1.68 bits per heavy atom. The van der Waals surface area contributed by atoms with Gasteiger partial charge in [0.1, 0.15) is 0 Å². The van der Waals surface area contributed by atoms with Gasteiger partial charge in [0, 0.05) is 5.88 Å². The molecule has 0 aliphatic carbocycles. The quantitative estimate of drug-likeness (QED) is 0.0965. The zero-order valence-electron chi connectivity index (χ0n) is 12.7. The Morgan fingerprint density at radius 3 is 2.16 bits per heavy atom. The van der Waals surface area contributed by atoms with Crippen molar-refractivity contribution in [2.24, 2.45) is 0 Å². The number of allylic oxidation sites excluding steroid dienone is 3. The van der Waals surface area contributed by atoms with Gasteiger partial charge in [-0.15, -0.1) is 11.6 Å². The van der Waals surface area contributed by atoms with E-state index in [9.17, 15) is 0 Å². The second-order valence-electron chi connectivity index (χ2n) is 5.93. The molecule has 0 amide bonds. The third-order valence-electron chi connectivity index (χ3n) is 2.87. The molecule has 0 aromatic rings. The van der Waals surface area contributed by atoms with Gasteiger partial charge in [0.05, 0.1) is 8.07 Å². The standard InChI is InChI=1S/C15H27ClI2Si/c1-5-6-9-13(15(18)19(2,3)4)12-14(17)10-7-8-11-16/h12H,5-11H2,1-4H3/b14-12-,15-13+. The molecule has 0 aliphatic heterocycles. The smallest absolute Gasteiger partial charge is 0.0858 e. The van der Waals surface area contributed by atoms with Gasteiger partial charge in [-0.25, -0.2) is 0 Å². The number of hydrogen-bond donors (Lipinski definition) is 0. The van der Waals surface area contributed by atoms with Gasteiger partial charge in [-0.1, -0.05) is 55.6 Å². The summed E-state index contributed by atoms with van der Waals surface area (Å²) in [6, 6.07) is 0. The third-order valence-corrected chi connectivity index (χ3v) is 11.2. The monoisotopic (exact) mass is 524 g/mol. The molecule has 0 aromatic heterocycles. The van der Waals surface area contributed by atoms with Crippen molar-refractivity contribution >= 4 is 64.9 Å². The average Bonchev–Trinajstić information content (AvgIpc) is 2.32. The molecule has 0 saturated carbocycles. The summed E-state index contributed by atoms with van der Waals surface area (Å²) >= 11 is 10.8. The van der Waals surface area contributed by atoms with Crippen LogP contribution < -0.4 is 0 Å². The van der Waals surface area contributed by atoms with Gasteiger partial charge in [-0.3, -0.25) is 0 Å². The first-order valence-corrected chi connectivity index (χ1v) is 13.3. The fourth-order valence-electron chi connectivity index (χ4n) is 1.74. The highest BCUT2D eigenvalue weighted by Gasteiger charge is 2.20. The Hall–Kier alpha value is 1.45. The summed E-state index contributed by atoms with van der Waals surface area (Å²) in [7, 11) is -1.18. The molecule has 19 heavy (non-hydrogen) atoms. The van der Waals surface area contributed by atoms with Gasteiger partial charge in [0.25, 0.3) is 0 Å². The Morgan fingerprint density at radius 1 is 1.05 bits per heavy atom. The molecule has 0 bridgehead atoms. The molecule has 0 N–H and O–H groups in total. The molecule has 0 atom stereocenters. The molecular formula is C15H27ClI2Si. The molecule has 0 aromatic carbocycles. The Labute approximate surface area is 153 Å². The van der Waals surface area contributed by atoms with Gasteiger partial charge in [0.15, 0.2) is 0 Å². The van der Waals surface area contributed by atoms with Crippen LogP contribution in [0.1, 0.15) is 45.4 Å². The maximum Gasteiger partial charge on any atom is 0.0858 e. The molecule has 0 unspecified atom stereocenters. The summed E-state index contributed by atoms with van der Waals surface area (Å²) < 4.78 is 3.13. The third kappa shape index (κ3) is 9.90. The van der Waals surface area contributed by atoms with Crippen LogP contribution in [-0.2, 0) is 0 Å². The molecular weight excluding hydrogens is 498 g/mol. The molecule has 0 spiro atoms. The van der Waals surface area contributed by atoms with Crippen LogP contribution in [0.2, 0.25) is 19.6 Å². The van der Waals surface area contributed by atoms with Crippen LogP contribution >= 0.6 is 56.8 Å². The van der Waals surface area contributed by atoms with Gasteiger partial charge >= 0.3 is 0 Å². The molecule has 112 valence electrons. The Bertz CT molecular complexity index is 317. The van der Waals surface area contributed by atoms with E-state index in [2.05, 4.69) is 77.8 Å². The first-order chi connectivity index (χ1) is 8.82. The maximum atomic E-state index is 5.74. The van der Waals surface area contributed by atoms with Crippen molar-refractivity contribution in [3.05, 3.63) is 18.4 Å². The molecule has 0 rings (SSSR count). The summed E-state index contributed by atoms with van der Waals surface area (Å²) in [6.07, 6.45) is 9.78. The van der Waals surface area contributed by atoms with Crippen LogP contribution in [0.5, 0.6) is 0 Å². The van der Waals surface area contributed by atoms with Crippen molar-refractivity contribution in [1.29, 1.82) is 0 Å². The average molecular weight is 525 g/mol. The lowest BCUT2D eigenvalue weighted by Gasteiger charge is -2.19. The van der Waals surface area contributed by atoms with Crippen molar-refractivity contribution in [3.8, 4) is 0 Å². The van der Waals surface area contributed by atoms with Crippen LogP contribution in [0.15, 0.2) is 18.4 Å². The largest absolute Gasteiger partial charge is 0.127 e. The number of hydrogen-bond acceptors (Lipinski definition) is 0. The van der Waals surface area contributed by atoms with Crippen molar-refractivity contribution in [2.75, 3.05) is 5.88 Å². The van der Waals surface area contributed by atoms with E-state index in [-0.39, 0.29) is 0 Å². The second kappa shape index (κ2) is 11.1. The summed E-state index contributed by atoms with van der Waals surface area (Å²) in [4.78, 5) is 0. The summed E-state index contributed by atoms with van der Waals surface area (Å²) in [5.74, 6) is 0.787. The number of halogens is 3. The normalized spacial score (nSPS) is 14.6. The molecule has 4 heteroatoms. The van der Waals surface area contributed by atoms with Crippen LogP contribution in [-0.4, -0.2) is 14.0 Å². The maximum absolute atomic E-state index is 5.74. The SMILES string of the molecule is CCCCC(/C=C(\I)CCCCCl)=C(/I)[Si](C)(C)C. The van der Waals surface area contributed by atoms with Gasteiger partial charge in [-0.2, -0.15) is 0 Å². The van der Waals surface area contributed by atoms with E-state index in [4.69, 9.17) is 11.6 Å². The van der Waals surface area contributed by atoms with E-state index in [1.165, 1.54) is 35.7 Å². The van der Waals surface area contributed by atoms with E-state index in [1.807, 2.05) is 0 Å². The second-order valence-corrected chi connectivity index (χ2v) is 14.8. The minimum absolute atomic E-state index is 0.787. The zero-order chi connectivity index (χ0) is 14.9. The van der Waals surface area contributed by atoms with E-state index in [0.717, 1.165) is 12.3 Å². The number of rotatable bonds is 9. The highest BCUT2D eigenvalue weighted by Crippen LogP contribution is 2.31. The molecule has 0 nitrogen and oxygen atoms in total. The molecule has 0 radical (unpaired) electrons. The highest BCUT2D eigenvalue weighted by molar-refractivity contribution is 14.1. The van der Waals surface area contributed by atoms with Crippen LogP contribution in [0.25, 0.3) is 0 Å². The van der Waals surface area contributed by atoms with Crippen LogP contribution in [0, 0.1) is 0 Å². The van der Waals surface area contributed by atoms with Crippen molar-refractivity contribution in [3.63, 3.8) is 0 Å². The van der Waals surface area contributed by atoms with Gasteiger partial charge in [0.2, 0.25) is 0 Å². The summed E-state index contributed by atoms with van der Waals surface area (Å²) in [5, 5.41) is 0. The van der Waals surface area contributed by atoms with Gasteiger partial charge < -0.3 is 0 Å². The van der Waals surface area contributed by atoms with E-state index in [0.29, 0.717) is 0 Å². The lowest BCUT2D eigenvalue weighted by Crippen LogP contribution is -2.21. The zero-order valence-corrected chi connectivity index (χ0v) is 18.7. The topological polar surface area (TPSA) is 0 Å². The Kier molecular flexibility index (Phi) is 11.9. The lowest BCUT2D eigenvalue weighted by molar-refractivity contribution is 0.793. The van der Waals surface area contributed by atoms with E-state index in [1.54, 1.807) is 8.78 Å². The van der Waals surface area contributed by atoms with Crippen LogP contribution in [0.4, 0.5) is 0 Å². The predicted octanol–water partition coefficient (Wildman–Crippen LogP) is 7.47. The molecule has 0 heterocycles. The van der Waals surface area contributed by atoms with E-state index < -0.39 is 8.07 Å². The Balaban J connectivity index is 4.90. The molecule has 0 aliphatic rings. The number of alkyl halides is 1. The number of unbranched alkanes of at least 4 members (excludes halogenated alkanes) is 2. The fourth-order valence-corrected chi connectivity index (χ4v) is 4.28. The highest BCUT2D eigenvalue weighted by atomic mass is 127. The minimum atomic E-state index is -1.18. The van der Waals surface area contributed by atoms with Crippen molar-refractivity contribution in [1.82, 2.24) is 0 Å². The minimum Gasteiger partial charge on any atom is -0.127 e.